The molecule has 7 heteroatoms. The molecule has 0 aliphatic rings. The normalized spacial score (nSPS) is 13.7. The molecule has 245 valence electrons. The van der Waals surface area contributed by atoms with Gasteiger partial charge in [0.05, 0.1) is 0 Å². The summed E-state index contributed by atoms with van der Waals surface area (Å²) in [4.78, 5) is 4.61. The summed E-state index contributed by atoms with van der Waals surface area (Å²) in [5.74, 6) is 3.00. The summed E-state index contributed by atoms with van der Waals surface area (Å²) >= 11 is 21.3. The zero-order chi connectivity index (χ0) is 30.8. The number of nitrogens with zero attached hydrogens (tertiary/aromatic N) is 2. The molecule has 0 aliphatic carbocycles. The van der Waals surface area contributed by atoms with Crippen molar-refractivity contribution in [2.75, 3.05) is 26.2 Å². The number of thiocarbonyl (C=S) groups is 2. The van der Waals surface area contributed by atoms with Gasteiger partial charge in [-0.15, -0.1) is 0 Å². The van der Waals surface area contributed by atoms with Crippen LogP contribution in [0.15, 0.2) is 0 Å². The number of rotatable bonds is 24. The van der Waals surface area contributed by atoms with Crippen molar-refractivity contribution in [1.82, 2.24) is 9.80 Å². The van der Waals surface area contributed by atoms with Gasteiger partial charge in [-0.05, 0) is 49.4 Å². The smallest absolute Gasteiger partial charge is 0.411 e. The molecule has 0 saturated carbocycles. The van der Waals surface area contributed by atoms with E-state index >= 15 is 0 Å². The minimum Gasteiger partial charge on any atom is -0.411 e. The van der Waals surface area contributed by atoms with E-state index in [-0.39, 0.29) is 17.1 Å². The molecular weight excluding hydrogens is 620 g/mol. The molecule has 1 radical (unpaired) electrons. The summed E-state index contributed by atoms with van der Waals surface area (Å²) in [6, 6.07) is 0. The van der Waals surface area contributed by atoms with Gasteiger partial charge in [0.15, 0.2) is 0 Å². The van der Waals surface area contributed by atoms with Crippen molar-refractivity contribution in [3.05, 3.63) is 0 Å². The van der Waals surface area contributed by atoms with E-state index in [1.807, 2.05) is 0 Å². The quantitative estimate of drug-likeness (QED) is 0.0562. The van der Waals surface area contributed by atoms with Crippen LogP contribution in [0.25, 0.3) is 0 Å². The first kappa shape index (κ1) is 46.2. The van der Waals surface area contributed by atoms with E-state index in [9.17, 15) is 0 Å². The Morgan fingerprint density at radius 3 is 0.780 bits per heavy atom. The van der Waals surface area contributed by atoms with Gasteiger partial charge in [-0.1, -0.05) is 141 Å². The summed E-state index contributed by atoms with van der Waals surface area (Å²) < 4.78 is 1.35. The van der Waals surface area contributed by atoms with Crippen molar-refractivity contribution < 1.29 is 17.1 Å². The van der Waals surface area contributed by atoms with Crippen molar-refractivity contribution in [2.24, 2.45) is 23.7 Å². The maximum absolute atomic E-state index is 5.32. The largest absolute Gasteiger partial charge is 2.00 e. The molecule has 4 atom stereocenters. The molecule has 0 aromatic carbocycles. The molecular formula is C34H68MnN2S4. The third kappa shape index (κ3) is 25.7. The third-order valence-corrected chi connectivity index (χ3v) is 9.64. The molecule has 41 heavy (non-hydrogen) atoms. The summed E-state index contributed by atoms with van der Waals surface area (Å²) in [6.07, 6.45) is 20.6. The second kappa shape index (κ2) is 32.1. The zero-order valence-electron chi connectivity index (χ0n) is 28.4. The molecule has 0 aromatic rings. The van der Waals surface area contributed by atoms with Crippen molar-refractivity contribution in [1.29, 1.82) is 0 Å². The van der Waals surface area contributed by atoms with Gasteiger partial charge in [0.1, 0.15) is 0 Å². The Hall–Kier alpha value is 0.739. The maximum Gasteiger partial charge on any atom is 2.00 e. The van der Waals surface area contributed by atoms with Crippen LogP contribution in [-0.2, 0) is 42.3 Å². The fourth-order valence-electron chi connectivity index (χ4n) is 5.36. The number of unbranched alkanes of at least 4 members (excludes halogenated alkanes) is 4. The fourth-order valence-corrected chi connectivity index (χ4v) is 5.96. The molecule has 0 aliphatic heterocycles. The summed E-state index contributed by atoms with van der Waals surface area (Å²) in [6.45, 7) is 22.5. The Morgan fingerprint density at radius 1 is 0.463 bits per heavy atom. The summed E-state index contributed by atoms with van der Waals surface area (Å²) in [5.41, 5.74) is 0. The molecule has 2 nitrogen and oxygen atoms in total. The van der Waals surface area contributed by atoms with Crippen molar-refractivity contribution in [2.45, 2.75) is 158 Å². The molecule has 0 amide bonds. The third-order valence-electron chi connectivity index (χ3n) is 8.60. The Balaban J connectivity index is -0.000000688. The van der Waals surface area contributed by atoms with E-state index in [1.165, 1.54) is 103 Å². The molecule has 0 rings (SSSR count). The van der Waals surface area contributed by atoms with Gasteiger partial charge in [-0.3, -0.25) is 0 Å². The van der Waals surface area contributed by atoms with Crippen LogP contribution < -0.4 is 0 Å². The topological polar surface area (TPSA) is 6.48 Å². The first-order valence-electron chi connectivity index (χ1n) is 17.1. The first-order chi connectivity index (χ1) is 19.2. The molecule has 0 spiro atoms. The molecule has 0 saturated heterocycles. The number of hydrogen-bond acceptors (Lipinski definition) is 4. The molecule has 0 N–H and O–H groups in total. The molecule has 4 unspecified atom stereocenters. The van der Waals surface area contributed by atoms with Gasteiger partial charge in [-0.25, -0.2) is 0 Å². The van der Waals surface area contributed by atoms with Crippen LogP contribution in [0.5, 0.6) is 0 Å². The van der Waals surface area contributed by atoms with Crippen LogP contribution in [-0.4, -0.2) is 44.6 Å². The van der Waals surface area contributed by atoms with Crippen molar-refractivity contribution in [3.8, 4) is 0 Å². The van der Waals surface area contributed by atoms with Crippen molar-refractivity contribution >= 4 is 58.3 Å². The van der Waals surface area contributed by atoms with Gasteiger partial charge in [0.25, 0.3) is 0 Å². The second-order valence-electron chi connectivity index (χ2n) is 12.0. The summed E-state index contributed by atoms with van der Waals surface area (Å²) in [5, 5.41) is 0. The van der Waals surface area contributed by atoms with E-state index < -0.39 is 0 Å². The Labute approximate surface area is 291 Å². The molecule has 0 aromatic heterocycles. The van der Waals surface area contributed by atoms with Crippen molar-refractivity contribution in [3.63, 3.8) is 0 Å². The molecule has 0 fully saturated rings. The SMILES string of the molecule is CCCCC(CC)CN(CC(CC)CCCC)C(=S)[S-].CCCCC(CC)CN(CC(CC)CCCC)C(=S)[S-].[Mn+2]. The van der Waals surface area contributed by atoms with E-state index in [1.54, 1.807) is 0 Å². The van der Waals surface area contributed by atoms with Gasteiger partial charge in [-0.2, -0.15) is 0 Å². The first-order valence-corrected chi connectivity index (χ1v) is 18.7. The van der Waals surface area contributed by atoms with Gasteiger partial charge in [0.2, 0.25) is 0 Å². The monoisotopic (exact) mass is 687 g/mol. The molecule has 0 bridgehead atoms. The minimum atomic E-state index is 0. The van der Waals surface area contributed by atoms with E-state index in [0.29, 0.717) is 8.64 Å². The average Bonchev–Trinajstić information content (AvgIpc) is 2.95. The van der Waals surface area contributed by atoms with E-state index in [2.05, 4.69) is 65.2 Å². The van der Waals surface area contributed by atoms with Crippen LogP contribution in [0, 0.1) is 23.7 Å². The summed E-state index contributed by atoms with van der Waals surface area (Å²) in [7, 11) is 0. The van der Waals surface area contributed by atoms with E-state index in [4.69, 9.17) is 49.7 Å². The predicted molar refractivity (Wildman–Crippen MR) is 196 cm³/mol. The second-order valence-corrected chi connectivity index (χ2v) is 14.1. The standard InChI is InChI=1S/2C17H35NS2.Mn/c2*1-5-9-11-15(7-3)13-18(17(19)20)14-16(8-4)12-10-6-2;/h2*15-16H,5-14H2,1-4H3,(H,19,20);/q;;+2/p-2. The van der Waals surface area contributed by atoms with E-state index in [0.717, 1.165) is 49.9 Å². The Morgan fingerprint density at radius 2 is 0.659 bits per heavy atom. The number of hydrogen-bond donors (Lipinski definition) is 0. The Kier molecular flexibility index (Phi) is 36.2. The van der Waals surface area contributed by atoms with Gasteiger partial charge >= 0.3 is 17.1 Å². The fraction of sp³-hybridized carbons (Fsp3) is 0.941. The minimum absolute atomic E-state index is 0. The average molecular weight is 688 g/mol. The van der Waals surface area contributed by atoms with Crippen LogP contribution >= 0.6 is 24.4 Å². The predicted octanol–water partition coefficient (Wildman–Crippen LogP) is 11.1. The maximum atomic E-state index is 5.32. The van der Waals surface area contributed by atoms with Gasteiger partial charge in [0, 0.05) is 26.2 Å². The van der Waals surface area contributed by atoms with Crippen LogP contribution in [0.4, 0.5) is 0 Å². The zero-order valence-corrected chi connectivity index (χ0v) is 32.8. The van der Waals surface area contributed by atoms with Crippen LogP contribution in [0.1, 0.15) is 158 Å². The Bertz CT molecular complexity index is 507. The molecule has 0 heterocycles. The van der Waals surface area contributed by atoms with Crippen LogP contribution in [0.3, 0.4) is 0 Å². The van der Waals surface area contributed by atoms with Crippen LogP contribution in [0.2, 0.25) is 0 Å². The van der Waals surface area contributed by atoms with Gasteiger partial charge < -0.3 is 59.5 Å².